The molecule has 1 rings (SSSR count). The van der Waals surface area contributed by atoms with E-state index < -0.39 is 0 Å². The molecule has 1 aliphatic heterocycles. The summed E-state index contributed by atoms with van der Waals surface area (Å²) in [6.45, 7) is 6.37. The minimum atomic E-state index is 1.25. The molecule has 0 aromatic heterocycles. The van der Waals surface area contributed by atoms with Gasteiger partial charge in [-0.15, -0.1) is 0 Å². The Kier molecular flexibility index (Phi) is 4.55. The van der Waals surface area contributed by atoms with E-state index in [1.165, 1.54) is 44.2 Å². The van der Waals surface area contributed by atoms with Crippen molar-refractivity contribution in [1.29, 1.82) is 0 Å². The first-order chi connectivity index (χ1) is 5.33. The molecule has 60 valence electrons. The normalized spacial score (nSPS) is 22.5. The third kappa shape index (κ3) is 3.62. The van der Waals surface area contributed by atoms with Crippen molar-refractivity contribution < 1.29 is 0 Å². The SMILES string of the molecule is [Li][CH2]CCN1CCN(C)CC1. The molecule has 0 unspecified atom stereocenters. The maximum atomic E-state index is 2.57. The molecule has 0 spiro atoms. The first kappa shape index (κ1) is 9.60. The van der Waals surface area contributed by atoms with Crippen LogP contribution < -0.4 is 0 Å². The fourth-order valence-corrected chi connectivity index (χ4v) is 1.45. The van der Waals surface area contributed by atoms with Crippen LogP contribution in [0, 0.1) is 0 Å². The first-order valence-corrected chi connectivity index (χ1v) is 4.74. The molecule has 1 saturated heterocycles. The Labute approximate surface area is 79.1 Å². The summed E-state index contributed by atoms with van der Waals surface area (Å²) in [7, 11) is 2.21. The summed E-state index contributed by atoms with van der Waals surface area (Å²) in [6, 6.07) is 0. The average Bonchev–Trinajstić information content (AvgIpc) is 2.04. The van der Waals surface area contributed by atoms with Crippen LogP contribution in [0.4, 0.5) is 0 Å². The van der Waals surface area contributed by atoms with Gasteiger partial charge in [-0.1, -0.05) is 0 Å². The van der Waals surface area contributed by atoms with Gasteiger partial charge >= 0.3 is 78.8 Å². The van der Waals surface area contributed by atoms with Gasteiger partial charge in [-0.2, -0.15) is 0 Å². The van der Waals surface area contributed by atoms with E-state index in [1.807, 2.05) is 0 Å². The second kappa shape index (κ2) is 5.21. The van der Waals surface area contributed by atoms with Gasteiger partial charge in [0.15, 0.2) is 0 Å². The monoisotopic (exact) mass is 148 g/mol. The van der Waals surface area contributed by atoms with Crippen molar-refractivity contribution in [2.24, 2.45) is 0 Å². The zero-order valence-electron chi connectivity index (χ0n) is 7.84. The van der Waals surface area contributed by atoms with Crippen LogP contribution in [0.15, 0.2) is 0 Å². The molecule has 1 fully saturated rings. The third-order valence-corrected chi connectivity index (χ3v) is 2.42. The van der Waals surface area contributed by atoms with Gasteiger partial charge in [-0.05, 0) is 0 Å². The van der Waals surface area contributed by atoms with Crippen molar-refractivity contribution >= 4 is 17.7 Å². The Morgan fingerprint density at radius 2 is 1.82 bits per heavy atom. The van der Waals surface area contributed by atoms with Crippen molar-refractivity contribution in [1.82, 2.24) is 9.80 Å². The molecular weight excluding hydrogens is 131 g/mol. The number of piperazine rings is 1. The number of hydrogen-bond acceptors (Lipinski definition) is 2. The van der Waals surface area contributed by atoms with Crippen molar-refractivity contribution in [2.45, 2.75) is 11.5 Å². The molecule has 0 saturated carbocycles. The predicted molar refractivity (Wildman–Crippen MR) is 49.1 cm³/mol. The van der Waals surface area contributed by atoms with Crippen molar-refractivity contribution in [3.8, 4) is 0 Å². The summed E-state index contributed by atoms with van der Waals surface area (Å²) in [4.78, 5) is 4.98. The summed E-state index contributed by atoms with van der Waals surface area (Å²) in [5.41, 5.74) is 0. The Morgan fingerprint density at radius 3 is 2.36 bits per heavy atom. The van der Waals surface area contributed by atoms with Crippen LogP contribution in [-0.2, 0) is 0 Å². The fraction of sp³-hybridized carbons (Fsp3) is 1.00. The van der Waals surface area contributed by atoms with Gasteiger partial charge in [0.2, 0.25) is 0 Å². The van der Waals surface area contributed by atoms with E-state index in [9.17, 15) is 0 Å². The van der Waals surface area contributed by atoms with Crippen LogP contribution in [-0.4, -0.2) is 67.3 Å². The topological polar surface area (TPSA) is 6.48 Å². The molecule has 0 N–H and O–H groups in total. The van der Waals surface area contributed by atoms with Crippen LogP contribution in [0.3, 0.4) is 0 Å². The van der Waals surface area contributed by atoms with Crippen molar-refractivity contribution in [2.75, 3.05) is 39.8 Å². The average molecular weight is 148 g/mol. The quantitative estimate of drug-likeness (QED) is 0.528. The van der Waals surface area contributed by atoms with Crippen LogP contribution >= 0.6 is 0 Å². The molecule has 0 radical (unpaired) electrons. The van der Waals surface area contributed by atoms with E-state index in [-0.39, 0.29) is 0 Å². The standard InChI is InChI=1S/C8H17N2.Li/c1-3-4-10-7-5-9(2)6-8-10;/h1,3-8H2,2H3;. The van der Waals surface area contributed by atoms with Gasteiger partial charge in [0.25, 0.3) is 0 Å². The first-order valence-electron chi connectivity index (χ1n) is 4.74. The van der Waals surface area contributed by atoms with E-state index in [0.717, 1.165) is 0 Å². The van der Waals surface area contributed by atoms with E-state index >= 15 is 0 Å². The number of nitrogens with zero attached hydrogens (tertiary/aromatic N) is 2. The molecule has 0 aromatic carbocycles. The van der Waals surface area contributed by atoms with Gasteiger partial charge in [-0.25, -0.2) is 0 Å². The summed E-state index contributed by atoms with van der Waals surface area (Å²) >= 11 is 2.26. The predicted octanol–water partition coefficient (Wildman–Crippen LogP) is 0.211. The molecular formula is C8H17LiN2. The summed E-state index contributed by atoms with van der Waals surface area (Å²) in [5, 5.41) is 1.33. The Balaban J connectivity index is 2.07. The third-order valence-electron chi connectivity index (χ3n) is 2.42. The summed E-state index contributed by atoms with van der Waals surface area (Å²) in [5.74, 6) is 0. The second-order valence-corrected chi connectivity index (χ2v) is 3.50. The van der Waals surface area contributed by atoms with Gasteiger partial charge in [0.1, 0.15) is 0 Å². The molecule has 0 bridgehead atoms. The molecule has 0 atom stereocenters. The maximum absolute atomic E-state index is 2.57. The molecule has 2 nitrogen and oxygen atoms in total. The van der Waals surface area contributed by atoms with Gasteiger partial charge in [-0.3, -0.25) is 0 Å². The zero-order valence-corrected chi connectivity index (χ0v) is 7.84. The van der Waals surface area contributed by atoms with E-state index in [0.29, 0.717) is 0 Å². The van der Waals surface area contributed by atoms with Crippen LogP contribution in [0.1, 0.15) is 6.42 Å². The van der Waals surface area contributed by atoms with Crippen molar-refractivity contribution in [3.63, 3.8) is 0 Å². The van der Waals surface area contributed by atoms with Crippen LogP contribution in [0.2, 0.25) is 5.09 Å². The Morgan fingerprint density at radius 1 is 1.18 bits per heavy atom. The summed E-state index contributed by atoms with van der Waals surface area (Å²) < 4.78 is 0. The number of hydrogen-bond donors (Lipinski definition) is 0. The van der Waals surface area contributed by atoms with Crippen LogP contribution in [0.5, 0.6) is 0 Å². The summed E-state index contributed by atoms with van der Waals surface area (Å²) in [6.07, 6.45) is 1.36. The number of rotatable bonds is 3. The number of likely N-dealkylation sites (N-methyl/N-ethyl adjacent to an activating group) is 1. The molecule has 11 heavy (non-hydrogen) atoms. The molecule has 0 amide bonds. The molecule has 1 heterocycles. The van der Waals surface area contributed by atoms with Gasteiger partial charge in [0, 0.05) is 0 Å². The second-order valence-electron chi connectivity index (χ2n) is 3.50. The molecule has 0 aliphatic carbocycles. The minimum absolute atomic E-state index is 1.25. The fourth-order valence-electron chi connectivity index (χ4n) is 1.45. The van der Waals surface area contributed by atoms with Crippen molar-refractivity contribution in [3.05, 3.63) is 0 Å². The molecule has 0 aromatic rings. The molecule has 1 aliphatic rings. The zero-order chi connectivity index (χ0) is 8.10. The van der Waals surface area contributed by atoms with Gasteiger partial charge in [0.05, 0.1) is 0 Å². The van der Waals surface area contributed by atoms with E-state index in [1.54, 1.807) is 0 Å². The molecule has 3 heteroatoms. The Hall–Kier alpha value is 0.517. The van der Waals surface area contributed by atoms with Gasteiger partial charge < -0.3 is 0 Å². The van der Waals surface area contributed by atoms with E-state index in [2.05, 4.69) is 34.6 Å². The Bertz CT molecular complexity index is 97.5. The van der Waals surface area contributed by atoms with Crippen LogP contribution in [0.25, 0.3) is 0 Å². The van der Waals surface area contributed by atoms with E-state index in [4.69, 9.17) is 0 Å².